The summed E-state index contributed by atoms with van der Waals surface area (Å²) in [5.74, 6) is 1.09. The average molecular weight is 244 g/mol. The van der Waals surface area contributed by atoms with E-state index in [2.05, 4.69) is 39.8 Å². The average Bonchev–Trinajstić information content (AvgIpc) is 3.05. The van der Waals surface area contributed by atoms with Gasteiger partial charge in [0.25, 0.3) is 0 Å². The van der Waals surface area contributed by atoms with Crippen LogP contribution in [0.3, 0.4) is 0 Å². The standard InChI is InChI=1S/C14H20N4/c1-3-14(4-2)6-8-18(9-14)13-11-5-7-15-12(11)16-10-17-13/h5,7,10H,3-4,6,8-9H2,1-2H3,(H,15,16,17). The van der Waals surface area contributed by atoms with Crippen molar-refractivity contribution < 1.29 is 0 Å². The van der Waals surface area contributed by atoms with Gasteiger partial charge in [0.1, 0.15) is 17.8 Å². The van der Waals surface area contributed by atoms with Gasteiger partial charge in [-0.05, 0) is 30.7 Å². The molecule has 0 amide bonds. The van der Waals surface area contributed by atoms with Crippen molar-refractivity contribution in [3.05, 3.63) is 18.6 Å². The summed E-state index contributed by atoms with van der Waals surface area (Å²) in [6, 6.07) is 2.07. The minimum Gasteiger partial charge on any atom is -0.355 e. The molecule has 3 heterocycles. The van der Waals surface area contributed by atoms with Gasteiger partial charge in [-0.3, -0.25) is 0 Å². The van der Waals surface area contributed by atoms with Crippen LogP contribution in [-0.2, 0) is 0 Å². The Hall–Kier alpha value is -1.58. The van der Waals surface area contributed by atoms with Gasteiger partial charge in [0.2, 0.25) is 0 Å². The third-order valence-electron chi connectivity index (χ3n) is 4.57. The quantitative estimate of drug-likeness (QED) is 0.902. The molecule has 0 aliphatic carbocycles. The normalized spacial score (nSPS) is 18.7. The van der Waals surface area contributed by atoms with Gasteiger partial charge in [0.15, 0.2) is 0 Å². The zero-order valence-corrected chi connectivity index (χ0v) is 11.1. The fourth-order valence-corrected chi connectivity index (χ4v) is 3.05. The highest BCUT2D eigenvalue weighted by Crippen LogP contribution is 2.39. The predicted molar refractivity (Wildman–Crippen MR) is 73.7 cm³/mol. The maximum absolute atomic E-state index is 4.49. The van der Waals surface area contributed by atoms with Crippen molar-refractivity contribution in [1.82, 2.24) is 15.0 Å². The SMILES string of the molecule is CCC1(CC)CCN(c2ncnc3[nH]ccc23)C1. The number of hydrogen-bond donors (Lipinski definition) is 1. The second-order valence-electron chi connectivity index (χ2n) is 5.32. The van der Waals surface area contributed by atoms with Gasteiger partial charge < -0.3 is 9.88 Å². The van der Waals surface area contributed by atoms with Crippen molar-refractivity contribution in [2.45, 2.75) is 33.1 Å². The van der Waals surface area contributed by atoms with Crippen LogP contribution < -0.4 is 4.90 Å². The number of aromatic nitrogens is 3. The number of H-pyrrole nitrogens is 1. The molecule has 0 atom stereocenters. The molecule has 1 aliphatic heterocycles. The van der Waals surface area contributed by atoms with E-state index in [1.807, 2.05) is 6.20 Å². The molecule has 1 saturated heterocycles. The van der Waals surface area contributed by atoms with E-state index < -0.39 is 0 Å². The first-order valence-electron chi connectivity index (χ1n) is 6.81. The van der Waals surface area contributed by atoms with E-state index in [9.17, 15) is 0 Å². The summed E-state index contributed by atoms with van der Waals surface area (Å²) in [6.07, 6.45) is 7.37. The number of fused-ring (bicyclic) bond motifs is 1. The summed E-state index contributed by atoms with van der Waals surface area (Å²) in [5, 5.41) is 1.14. The van der Waals surface area contributed by atoms with E-state index in [-0.39, 0.29) is 0 Å². The van der Waals surface area contributed by atoms with Crippen LogP contribution in [0.5, 0.6) is 0 Å². The summed E-state index contributed by atoms with van der Waals surface area (Å²) in [5.41, 5.74) is 1.42. The maximum atomic E-state index is 4.49. The molecule has 0 aromatic carbocycles. The molecule has 18 heavy (non-hydrogen) atoms. The lowest BCUT2D eigenvalue weighted by Gasteiger charge is -2.26. The molecule has 0 spiro atoms. The highest BCUT2D eigenvalue weighted by Gasteiger charge is 2.35. The molecule has 1 aliphatic rings. The molecule has 4 nitrogen and oxygen atoms in total. The third kappa shape index (κ3) is 1.67. The molecule has 0 radical (unpaired) electrons. The van der Waals surface area contributed by atoms with Crippen molar-refractivity contribution in [3.63, 3.8) is 0 Å². The fourth-order valence-electron chi connectivity index (χ4n) is 3.05. The first-order valence-corrected chi connectivity index (χ1v) is 6.81. The zero-order chi connectivity index (χ0) is 12.6. The van der Waals surface area contributed by atoms with Gasteiger partial charge in [-0.2, -0.15) is 0 Å². The van der Waals surface area contributed by atoms with Crippen molar-refractivity contribution in [2.24, 2.45) is 5.41 Å². The Morgan fingerprint density at radius 3 is 2.89 bits per heavy atom. The van der Waals surface area contributed by atoms with Crippen LogP contribution in [-0.4, -0.2) is 28.0 Å². The van der Waals surface area contributed by atoms with Gasteiger partial charge in [0.05, 0.1) is 5.39 Å². The minimum absolute atomic E-state index is 0.480. The molecule has 1 fully saturated rings. The summed E-state index contributed by atoms with van der Waals surface area (Å²) in [4.78, 5) is 14.3. The van der Waals surface area contributed by atoms with Crippen LogP contribution in [0.2, 0.25) is 0 Å². The van der Waals surface area contributed by atoms with Crippen molar-refractivity contribution >= 4 is 16.9 Å². The monoisotopic (exact) mass is 244 g/mol. The topological polar surface area (TPSA) is 44.8 Å². The van der Waals surface area contributed by atoms with Crippen molar-refractivity contribution in [3.8, 4) is 0 Å². The molecular weight excluding hydrogens is 224 g/mol. The van der Waals surface area contributed by atoms with E-state index in [0.717, 1.165) is 29.9 Å². The second kappa shape index (κ2) is 4.26. The van der Waals surface area contributed by atoms with Crippen molar-refractivity contribution in [2.75, 3.05) is 18.0 Å². The molecule has 0 unspecified atom stereocenters. The number of nitrogens with zero attached hydrogens (tertiary/aromatic N) is 3. The molecule has 3 rings (SSSR count). The molecule has 1 N–H and O–H groups in total. The Morgan fingerprint density at radius 2 is 2.17 bits per heavy atom. The number of hydrogen-bond acceptors (Lipinski definition) is 3. The first-order chi connectivity index (χ1) is 8.78. The molecule has 2 aromatic rings. The largest absolute Gasteiger partial charge is 0.355 e. The van der Waals surface area contributed by atoms with Crippen LogP contribution in [0.1, 0.15) is 33.1 Å². The number of anilines is 1. The van der Waals surface area contributed by atoms with Crippen LogP contribution in [0, 0.1) is 5.41 Å². The Balaban J connectivity index is 1.95. The number of nitrogens with one attached hydrogen (secondary N) is 1. The first kappa shape index (κ1) is 11.5. The molecule has 2 aromatic heterocycles. The highest BCUT2D eigenvalue weighted by molar-refractivity contribution is 5.87. The van der Waals surface area contributed by atoms with E-state index >= 15 is 0 Å². The molecular formula is C14H20N4. The van der Waals surface area contributed by atoms with Gasteiger partial charge in [-0.15, -0.1) is 0 Å². The molecule has 0 bridgehead atoms. The van der Waals surface area contributed by atoms with Crippen LogP contribution in [0.25, 0.3) is 11.0 Å². The lowest BCUT2D eigenvalue weighted by atomic mass is 9.82. The van der Waals surface area contributed by atoms with Gasteiger partial charge in [-0.1, -0.05) is 13.8 Å². The second-order valence-corrected chi connectivity index (χ2v) is 5.32. The highest BCUT2D eigenvalue weighted by atomic mass is 15.2. The fraction of sp³-hybridized carbons (Fsp3) is 0.571. The molecule has 4 heteroatoms. The predicted octanol–water partition coefficient (Wildman–Crippen LogP) is 2.97. The van der Waals surface area contributed by atoms with Gasteiger partial charge in [-0.25, -0.2) is 9.97 Å². The van der Waals surface area contributed by atoms with E-state index in [1.54, 1.807) is 6.33 Å². The third-order valence-corrected chi connectivity index (χ3v) is 4.57. The minimum atomic E-state index is 0.480. The summed E-state index contributed by atoms with van der Waals surface area (Å²) in [6.45, 7) is 6.84. The Bertz CT molecular complexity index is 541. The lowest BCUT2D eigenvalue weighted by molar-refractivity contribution is 0.301. The van der Waals surface area contributed by atoms with Crippen LogP contribution in [0.15, 0.2) is 18.6 Å². The van der Waals surface area contributed by atoms with E-state index in [0.29, 0.717) is 5.41 Å². The summed E-state index contributed by atoms with van der Waals surface area (Å²) in [7, 11) is 0. The van der Waals surface area contributed by atoms with Gasteiger partial charge in [0, 0.05) is 19.3 Å². The Morgan fingerprint density at radius 1 is 1.33 bits per heavy atom. The van der Waals surface area contributed by atoms with Gasteiger partial charge >= 0.3 is 0 Å². The maximum Gasteiger partial charge on any atom is 0.142 e. The smallest absolute Gasteiger partial charge is 0.142 e. The van der Waals surface area contributed by atoms with Crippen LogP contribution >= 0.6 is 0 Å². The Labute approximate surface area is 107 Å². The zero-order valence-electron chi connectivity index (χ0n) is 11.1. The molecule has 96 valence electrons. The van der Waals surface area contributed by atoms with E-state index in [4.69, 9.17) is 0 Å². The lowest BCUT2D eigenvalue weighted by Crippen LogP contribution is -2.26. The number of rotatable bonds is 3. The number of aromatic amines is 1. The summed E-state index contributed by atoms with van der Waals surface area (Å²) >= 11 is 0. The Kier molecular flexibility index (Phi) is 2.73. The molecule has 0 saturated carbocycles. The van der Waals surface area contributed by atoms with Crippen molar-refractivity contribution in [1.29, 1.82) is 0 Å². The summed E-state index contributed by atoms with van der Waals surface area (Å²) < 4.78 is 0. The van der Waals surface area contributed by atoms with Crippen LogP contribution in [0.4, 0.5) is 5.82 Å². The van der Waals surface area contributed by atoms with E-state index in [1.165, 1.54) is 19.3 Å².